The van der Waals surface area contributed by atoms with Gasteiger partial charge in [0.2, 0.25) is 0 Å². The summed E-state index contributed by atoms with van der Waals surface area (Å²) in [4.78, 5) is 0. The number of hydrogen-bond donors (Lipinski definition) is 1. The van der Waals surface area contributed by atoms with Gasteiger partial charge < -0.3 is 5.84 Å². The van der Waals surface area contributed by atoms with Crippen molar-refractivity contribution in [2.45, 2.75) is 6.92 Å². The molecule has 0 saturated carbocycles. The minimum absolute atomic E-state index is 0.977. The Kier molecular flexibility index (Phi) is 7.49. The first-order chi connectivity index (χ1) is 9.29. The van der Waals surface area contributed by atoms with Crippen LogP contribution in [0.5, 0.6) is 0 Å². The first-order valence-electron chi connectivity index (χ1n) is 5.17. The van der Waals surface area contributed by atoms with Gasteiger partial charge in [-0.05, 0) is 30.7 Å². The van der Waals surface area contributed by atoms with Gasteiger partial charge >= 0.3 is 0 Å². The van der Waals surface area contributed by atoms with Crippen molar-refractivity contribution in [1.29, 1.82) is 10.5 Å². The number of hydrogen-bond acceptors (Lipinski definition) is 5. The maximum Gasteiger partial charge on any atom is 0.0646 e. The zero-order chi connectivity index (χ0) is 14.7. The molecule has 0 fully saturated rings. The summed E-state index contributed by atoms with van der Waals surface area (Å²) in [5, 5.41) is 20.8. The zero-order valence-corrected chi connectivity index (χ0v) is 10.5. The summed E-state index contributed by atoms with van der Waals surface area (Å²) in [6.07, 6.45) is 3.54. The highest BCUT2D eigenvalue weighted by Gasteiger charge is 1.97. The van der Waals surface area contributed by atoms with Crippen LogP contribution in [0.4, 0.5) is 0 Å². The lowest BCUT2D eigenvalue weighted by molar-refractivity contribution is 0.862. The number of hydrazone groups is 1. The number of nitrogens with zero attached hydrogens (tertiary/aromatic N) is 5. The Labute approximate surface area is 112 Å². The van der Waals surface area contributed by atoms with Crippen molar-refractivity contribution < 1.29 is 0 Å². The van der Waals surface area contributed by atoms with Crippen molar-refractivity contribution in [2.24, 2.45) is 10.9 Å². The molecule has 0 bridgehead atoms. The van der Waals surface area contributed by atoms with Crippen LogP contribution in [-0.2, 0) is 0 Å². The summed E-state index contributed by atoms with van der Waals surface area (Å²) in [6, 6.07) is 9.81. The van der Waals surface area contributed by atoms with Gasteiger partial charge in [-0.15, -0.1) is 0 Å². The second kappa shape index (κ2) is 8.97. The van der Waals surface area contributed by atoms with E-state index in [0.29, 0.717) is 0 Å². The molecule has 96 valence electrons. The van der Waals surface area contributed by atoms with E-state index in [1.165, 1.54) is 0 Å². The molecule has 19 heavy (non-hydrogen) atoms. The largest absolute Gasteiger partial charge is 0.323 e. The lowest BCUT2D eigenvalue weighted by Crippen LogP contribution is -1.95. The van der Waals surface area contributed by atoms with Crippen molar-refractivity contribution in [3.05, 3.63) is 47.8 Å². The van der Waals surface area contributed by atoms with E-state index in [1.807, 2.05) is 48.1 Å². The van der Waals surface area contributed by atoms with E-state index in [9.17, 15) is 0 Å². The number of rotatable bonds is 2. The fraction of sp³-hybridized carbons (Fsp3) is 0.0769. The Morgan fingerprint density at radius 2 is 1.74 bits per heavy atom. The number of nitrogens with two attached hydrogens (primary N) is 1. The van der Waals surface area contributed by atoms with Crippen molar-refractivity contribution in [3.63, 3.8) is 0 Å². The van der Waals surface area contributed by atoms with Gasteiger partial charge in [0, 0.05) is 19.3 Å². The number of aryl methyl sites for hydroxylation is 1. The standard InChI is InChI=1S/C11H12N4.2CHN/c1-9-6-7-15(14-9)11-4-2-10(3-5-11)8-13-12;2*1-2/h2-8H,12H2,1H3;2*1H. The molecule has 6 heteroatoms. The van der Waals surface area contributed by atoms with Crippen molar-refractivity contribution in [1.82, 2.24) is 9.78 Å². The molecule has 0 aliphatic carbocycles. The first-order valence-corrected chi connectivity index (χ1v) is 5.17. The highest BCUT2D eigenvalue weighted by atomic mass is 15.3. The van der Waals surface area contributed by atoms with Crippen LogP contribution in [0.1, 0.15) is 11.3 Å². The van der Waals surface area contributed by atoms with Crippen LogP contribution in [0.15, 0.2) is 41.6 Å². The van der Waals surface area contributed by atoms with Gasteiger partial charge in [-0.1, -0.05) is 12.1 Å². The molecule has 1 aromatic carbocycles. The smallest absolute Gasteiger partial charge is 0.0646 e. The molecule has 0 radical (unpaired) electrons. The maximum absolute atomic E-state index is 6.50. The molecule has 0 atom stereocenters. The molecule has 1 heterocycles. The molecule has 0 unspecified atom stereocenters. The van der Waals surface area contributed by atoms with Gasteiger partial charge in [0.05, 0.1) is 17.6 Å². The average Bonchev–Trinajstić information content (AvgIpc) is 2.91. The molecular weight excluding hydrogens is 240 g/mol. The lowest BCUT2D eigenvalue weighted by atomic mass is 10.2. The molecule has 0 aliphatic heterocycles. The topological polar surface area (TPSA) is 104 Å². The molecule has 0 saturated heterocycles. The van der Waals surface area contributed by atoms with Crippen molar-refractivity contribution in [3.8, 4) is 18.8 Å². The third-order valence-corrected chi connectivity index (χ3v) is 2.10. The van der Waals surface area contributed by atoms with Crippen LogP contribution in [0.2, 0.25) is 0 Å². The molecule has 1 aromatic heterocycles. The summed E-state index contributed by atoms with van der Waals surface area (Å²) in [5.41, 5.74) is 3.00. The van der Waals surface area contributed by atoms with Gasteiger partial charge in [-0.25, -0.2) is 15.2 Å². The summed E-state index contributed by atoms with van der Waals surface area (Å²) >= 11 is 0. The van der Waals surface area contributed by atoms with E-state index in [0.717, 1.165) is 16.9 Å². The van der Waals surface area contributed by atoms with E-state index < -0.39 is 0 Å². The van der Waals surface area contributed by atoms with Gasteiger partial charge in [-0.3, -0.25) is 0 Å². The predicted molar refractivity (Wildman–Crippen MR) is 73.4 cm³/mol. The zero-order valence-electron chi connectivity index (χ0n) is 10.5. The second-order valence-corrected chi connectivity index (χ2v) is 3.27. The van der Waals surface area contributed by atoms with Gasteiger partial charge in [-0.2, -0.15) is 10.2 Å². The minimum Gasteiger partial charge on any atom is -0.323 e. The average molecular weight is 254 g/mol. The molecule has 2 N–H and O–H groups in total. The van der Waals surface area contributed by atoms with Crippen LogP contribution in [0.25, 0.3) is 5.69 Å². The highest BCUT2D eigenvalue weighted by molar-refractivity contribution is 5.79. The van der Waals surface area contributed by atoms with Gasteiger partial charge in [0.25, 0.3) is 0 Å². The highest BCUT2D eigenvalue weighted by Crippen LogP contribution is 2.08. The lowest BCUT2D eigenvalue weighted by Gasteiger charge is -2.00. The summed E-state index contributed by atoms with van der Waals surface area (Å²) < 4.78 is 1.83. The molecule has 6 nitrogen and oxygen atoms in total. The number of benzene rings is 1. The number of aromatic nitrogens is 2. The summed E-state index contributed by atoms with van der Waals surface area (Å²) in [6.45, 7) is 8.96. The summed E-state index contributed by atoms with van der Waals surface area (Å²) in [7, 11) is 0. The fourth-order valence-corrected chi connectivity index (χ4v) is 1.36. The van der Waals surface area contributed by atoms with Crippen molar-refractivity contribution >= 4 is 6.21 Å². The van der Waals surface area contributed by atoms with Crippen LogP contribution in [0.3, 0.4) is 0 Å². The first kappa shape index (κ1) is 15.9. The van der Waals surface area contributed by atoms with Gasteiger partial charge in [0.15, 0.2) is 0 Å². The van der Waals surface area contributed by atoms with E-state index in [2.05, 4.69) is 23.3 Å². The van der Waals surface area contributed by atoms with E-state index in [4.69, 9.17) is 16.4 Å². The second-order valence-electron chi connectivity index (χ2n) is 3.27. The Morgan fingerprint density at radius 1 is 1.16 bits per heavy atom. The molecule has 0 spiro atoms. The SMILES string of the molecule is C#N.C#N.Cc1ccn(-c2ccc(C=NN)cc2)n1. The maximum atomic E-state index is 6.50. The van der Waals surface area contributed by atoms with E-state index in [-0.39, 0.29) is 0 Å². The molecule has 0 amide bonds. The van der Waals surface area contributed by atoms with Crippen LogP contribution < -0.4 is 5.84 Å². The Hall–Kier alpha value is -3.12. The molecule has 2 rings (SSSR count). The van der Waals surface area contributed by atoms with Crippen LogP contribution in [0, 0.1) is 30.6 Å². The predicted octanol–water partition coefficient (Wildman–Crippen LogP) is 1.75. The van der Waals surface area contributed by atoms with Crippen molar-refractivity contribution in [2.75, 3.05) is 0 Å². The Balaban J connectivity index is 0.000000741. The normalized spacial score (nSPS) is 8.89. The van der Waals surface area contributed by atoms with Gasteiger partial charge in [0.1, 0.15) is 0 Å². The summed E-state index contributed by atoms with van der Waals surface area (Å²) in [5.74, 6) is 5.06. The quantitative estimate of drug-likeness (QED) is 0.500. The number of nitriles is 2. The Morgan fingerprint density at radius 3 is 2.16 bits per heavy atom. The third kappa shape index (κ3) is 4.72. The third-order valence-electron chi connectivity index (χ3n) is 2.10. The van der Waals surface area contributed by atoms with Crippen LogP contribution >= 0.6 is 0 Å². The molecule has 2 aromatic rings. The molecule has 0 aliphatic rings. The van der Waals surface area contributed by atoms with E-state index in [1.54, 1.807) is 6.21 Å². The van der Waals surface area contributed by atoms with E-state index >= 15 is 0 Å². The van der Waals surface area contributed by atoms with Crippen LogP contribution in [-0.4, -0.2) is 16.0 Å². The minimum atomic E-state index is 0.977. The Bertz CT molecular complexity index is 541. The monoisotopic (exact) mass is 254 g/mol. The fourth-order valence-electron chi connectivity index (χ4n) is 1.36. The molecular formula is C13H14N6.